The Balaban J connectivity index is 2.52. The molecular weight excluding hydrogens is 265 g/mol. The number of benzene rings is 2. The van der Waals surface area contributed by atoms with E-state index < -0.39 is 5.82 Å². The molecule has 2 aromatic rings. The number of hydrogen-bond acceptors (Lipinski definition) is 2. The molecule has 0 spiro atoms. The highest BCUT2D eigenvalue weighted by molar-refractivity contribution is 6.33. The van der Waals surface area contributed by atoms with E-state index >= 15 is 0 Å². The first-order valence-electron chi connectivity index (χ1n) is 5.65. The second kappa shape index (κ2) is 5.73. The van der Waals surface area contributed by atoms with E-state index in [0.29, 0.717) is 11.3 Å². The quantitative estimate of drug-likeness (QED) is 0.840. The molecule has 2 rings (SSSR count). The number of nitriles is 1. The van der Waals surface area contributed by atoms with Gasteiger partial charge in [0.2, 0.25) is 0 Å². The van der Waals surface area contributed by atoms with E-state index in [4.69, 9.17) is 21.6 Å². The third kappa shape index (κ3) is 2.69. The highest BCUT2D eigenvalue weighted by Crippen LogP contribution is 2.33. The summed E-state index contributed by atoms with van der Waals surface area (Å²) in [5.74, 6) is 0.138. The van der Waals surface area contributed by atoms with Gasteiger partial charge in [0.05, 0.1) is 24.6 Å². The molecule has 0 fully saturated rings. The Morgan fingerprint density at radius 1 is 1.32 bits per heavy atom. The van der Waals surface area contributed by atoms with Crippen molar-refractivity contribution in [2.75, 3.05) is 7.11 Å². The van der Waals surface area contributed by atoms with Gasteiger partial charge in [-0.2, -0.15) is 5.26 Å². The molecule has 0 atom stereocenters. The van der Waals surface area contributed by atoms with E-state index in [2.05, 4.69) is 6.07 Å². The van der Waals surface area contributed by atoms with E-state index in [-0.39, 0.29) is 11.4 Å². The van der Waals surface area contributed by atoms with Crippen LogP contribution in [-0.2, 0) is 6.42 Å². The third-order valence-electron chi connectivity index (χ3n) is 2.82. The number of methoxy groups -OCH3 is 1. The largest absolute Gasteiger partial charge is 0.496 e. The zero-order valence-electron chi connectivity index (χ0n) is 10.3. The van der Waals surface area contributed by atoms with Crippen molar-refractivity contribution < 1.29 is 9.13 Å². The molecule has 0 N–H and O–H groups in total. The lowest BCUT2D eigenvalue weighted by atomic mass is 10.0. The van der Waals surface area contributed by atoms with Crippen LogP contribution in [0.5, 0.6) is 5.75 Å². The first-order chi connectivity index (χ1) is 9.17. The van der Waals surface area contributed by atoms with Crippen LogP contribution in [0, 0.1) is 17.1 Å². The molecule has 0 aliphatic heterocycles. The smallest absolute Gasteiger partial charge is 0.142 e. The Morgan fingerprint density at radius 3 is 2.79 bits per heavy atom. The van der Waals surface area contributed by atoms with Crippen LogP contribution in [0.15, 0.2) is 36.4 Å². The molecule has 96 valence electrons. The van der Waals surface area contributed by atoms with Gasteiger partial charge in [-0.25, -0.2) is 4.39 Å². The molecule has 0 heterocycles. The van der Waals surface area contributed by atoms with Gasteiger partial charge in [0.15, 0.2) is 0 Å². The maximum atomic E-state index is 13.4. The van der Waals surface area contributed by atoms with Gasteiger partial charge in [0.25, 0.3) is 0 Å². The highest BCUT2D eigenvalue weighted by atomic mass is 35.5. The van der Waals surface area contributed by atoms with Crippen LogP contribution in [0.25, 0.3) is 11.1 Å². The summed E-state index contributed by atoms with van der Waals surface area (Å²) in [6.45, 7) is 0. The fourth-order valence-corrected chi connectivity index (χ4v) is 2.11. The summed E-state index contributed by atoms with van der Waals surface area (Å²) < 4.78 is 18.7. The lowest BCUT2D eigenvalue weighted by Crippen LogP contribution is -1.92. The molecule has 2 nitrogen and oxygen atoms in total. The van der Waals surface area contributed by atoms with Crippen LogP contribution in [-0.4, -0.2) is 7.11 Å². The predicted molar refractivity (Wildman–Crippen MR) is 72.7 cm³/mol. The van der Waals surface area contributed by atoms with Crippen molar-refractivity contribution in [3.05, 3.63) is 52.8 Å². The van der Waals surface area contributed by atoms with Gasteiger partial charge in [-0.05, 0) is 17.7 Å². The Bertz CT molecular complexity index is 649. The normalized spacial score (nSPS) is 10.0. The van der Waals surface area contributed by atoms with E-state index in [9.17, 15) is 4.39 Å². The van der Waals surface area contributed by atoms with Crippen molar-refractivity contribution in [2.45, 2.75) is 6.42 Å². The lowest BCUT2D eigenvalue weighted by molar-refractivity contribution is 0.411. The summed E-state index contributed by atoms with van der Waals surface area (Å²) >= 11 is 5.96. The molecule has 0 aliphatic rings. The van der Waals surface area contributed by atoms with Crippen molar-refractivity contribution in [1.29, 1.82) is 5.26 Å². The van der Waals surface area contributed by atoms with Crippen molar-refractivity contribution in [2.24, 2.45) is 0 Å². The Labute approximate surface area is 116 Å². The SMILES string of the molecule is COc1cc(-c2cccc(F)c2Cl)ccc1CC#N. The number of hydrogen-bond donors (Lipinski definition) is 0. The van der Waals surface area contributed by atoms with Gasteiger partial charge in [0, 0.05) is 11.1 Å². The standard InChI is InChI=1S/C15H11ClFNO/c1-19-14-9-11(6-5-10(14)7-8-18)12-3-2-4-13(17)15(12)16/h2-6,9H,7H2,1H3. The van der Waals surface area contributed by atoms with E-state index in [1.165, 1.54) is 13.2 Å². The molecule has 4 heteroatoms. The summed E-state index contributed by atoms with van der Waals surface area (Å²) in [4.78, 5) is 0. The number of ether oxygens (including phenoxy) is 1. The number of halogens is 2. The fourth-order valence-electron chi connectivity index (χ4n) is 1.87. The second-order valence-corrected chi connectivity index (χ2v) is 4.34. The van der Waals surface area contributed by atoms with E-state index in [1.807, 2.05) is 0 Å². The summed E-state index contributed by atoms with van der Waals surface area (Å²) in [6.07, 6.45) is 0.264. The van der Waals surface area contributed by atoms with Crippen LogP contribution in [0.1, 0.15) is 5.56 Å². The molecule has 0 amide bonds. The summed E-state index contributed by atoms with van der Waals surface area (Å²) in [5, 5.41) is 8.81. The topological polar surface area (TPSA) is 33.0 Å². The van der Waals surface area contributed by atoms with Gasteiger partial charge in [-0.15, -0.1) is 0 Å². The first kappa shape index (κ1) is 13.4. The van der Waals surface area contributed by atoms with Crippen LogP contribution in [0.3, 0.4) is 0 Å². The van der Waals surface area contributed by atoms with Crippen LogP contribution in [0.2, 0.25) is 5.02 Å². The van der Waals surface area contributed by atoms with Crippen molar-refractivity contribution >= 4 is 11.6 Å². The molecule has 0 unspecified atom stereocenters. The first-order valence-corrected chi connectivity index (χ1v) is 6.03. The van der Waals surface area contributed by atoms with Crippen molar-refractivity contribution in [3.63, 3.8) is 0 Å². The van der Waals surface area contributed by atoms with Gasteiger partial charge in [-0.3, -0.25) is 0 Å². The molecule has 0 saturated heterocycles. The van der Waals surface area contributed by atoms with Gasteiger partial charge in [0.1, 0.15) is 11.6 Å². The zero-order chi connectivity index (χ0) is 13.8. The maximum absolute atomic E-state index is 13.4. The average molecular weight is 276 g/mol. The molecule has 19 heavy (non-hydrogen) atoms. The van der Waals surface area contributed by atoms with Gasteiger partial charge in [-0.1, -0.05) is 35.9 Å². The van der Waals surface area contributed by atoms with E-state index in [1.54, 1.807) is 30.3 Å². The minimum Gasteiger partial charge on any atom is -0.496 e. The molecule has 0 radical (unpaired) electrons. The molecular formula is C15H11ClFNO. The zero-order valence-corrected chi connectivity index (χ0v) is 11.0. The van der Waals surface area contributed by atoms with Gasteiger partial charge < -0.3 is 4.74 Å². The van der Waals surface area contributed by atoms with Crippen LogP contribution < -0.4 is 4.74 Å². The van der Waals surface area contributed by atoms with Crippen LogP contribution >= 0.6 is 11.6 Å². The third-order valence-corrected chi connectivity index (χ3v) is 3.20. The number of rotatable bonds is 3. The monoisotopic (exact) mass is 275 g/mol. The second-order valence-electron chi connectivity index (χ2n) is 3.96. The summed E-state index contributed by atoms with van der Waals surface area (Å²) in [7, 11) is 1.53. The Hall–Kier alpha value is -2.05. The van der Waals surface area contributed by atoms with Crippen LogP contribution in [0.4, 0.5) is 4.39 Å². The Morgan fingerprint density at radius 2 is 2.11 bits per heavy atom. The molecule has 0 aromatic heterocycles. The molecule has 2 aromatic carbocycles. The summed E-state index contributed by atoms with van der Waals surface area (Å²) in [5.41, 5.74) is 2.15. The van der Waals surface area contributed by atoms with Crippen molar-refractivity contribution in [3.8, 4) is 22.9 Å². The number of nitrogens with zero attached hydrogens (tertiary/aromatic N) is 1. The lowest BCUT2D eigenvalue weighted by Gasteiger charge is -2.10. The summed E-state index contributed by atoms with van der Waals surface area (Å²) in [6, 6.07) is 12.1. The minimum absolute atomic E-state index is 0.0811. The molecule has 0 saturated carbocycles. The van der Waals surface area contributed by atoms with E-state index in [0.717, 1.165) is 11.1 Å². The maximum Gasteiger partial charge on any atom is 0.142 e. The fraction of sp³-hybridized carbons (Fsp3) is 0.133. The molecule has 0 bridgehead atoms. The molecule has 0 aliphatic carbocycles. The average Bonchev–Trinajstić information content (AvgIpc) is 2.43. The minimum atomic E-state index is -0.459. The highest BCUT2D eigenvalue weighted by Gasteiger charge is 2.10. The Kier molecular flexibility index (Phi) is 4.03. The van der Waals surface area contributed by atoms with Crippen molar-refractivity contribution in [1.82, 2.24) is 0 Å². The van der Waals surface area contributed by atoms with Gasteiger partial charge >= 0.3 is 0 Å². The predicted octanol–water partition coefficient (Wildman–Crippen LogP) is 4.22.